The highest BCUT2D eigenvalue weighted by Gasteiger charge is 2.32. The van der Waals surface area contributed by atoms with Crippen molar-refractivity contribution in [1.29, 1.82) is 0 Å². The summed E-state index contributed by atoms with van der Waals surface area (Å²) in [4.78, 5) is 28.6. The monoisotopic (exact) mass is 241 g/mol. The zero-order chi connectivity index (χ0) is 11.5. The van der Waals surface area contributed by atoms with E-state index in [9.17, 15) is 9.59 Å². The van der Waals surface area contributed by atoms with Crippen LogP contribution in [0.2, 0.25) is 0 Å². The number of nitrogens with zero attached hydrogens (tertiary/aromatic N) is 1. The molecule has 2 fully saturated rings. The van der Waals surface area contributed by atoms with Gasteiger partial charge in [-0.05, 0) is 12.8 Å². The summed E-state index contributed by atoms with van der Waals surface area (Å²) in [5, 5.41) is 1.01. The third kappa shape index (κ3) is 2.40. The minimum Gasteiger partial charge on any atom is -0.332 e. The van der Waals surface area contributed by atoms with Crippen LogP contribution in [0.1, 0.15) is 44.9 Å². The molecule has 5 heteroatoms. The van der Waals surface area contributed by atoms with Crippen LogP contribution < -0.4 is 0 Å². The molecule has 0 aromatic carbocycles. The first-order valence-corrected chi connectivity index (χ1v) is 6.17. The van der Waals surface area contributed by atoms with Gasteiger partial charge in [0.15, 0.2) is 0 Å². The molecule has 0 bridgehead atoms. The van der Waals surface area contributed by atoms with E-state index in [1.54, 1.807) is 0 Å². The van der Waals surface area contributed by atoms with E-state index in [-0.39, 0.29) is 17.8 Å². The van der Waals surface area contributed by atoms with E-state index in [0.29, 0.717) is 17.8 Å². The zero-order valence-electron chi connectivity index (χ0n) is 9.11. The molecule has 0 aromatic heterocycles. The number of hydroxylamine groups is 2. The standard InChI is InChI=1S/C11H15NO3S/c13-9-6-7-10(16)12(9)15-11(14)8-4-2-1-3-5-8/h8H,1-7H2. The molecule has 0 N–H and O–H groups in total. The van der Waals surface area contributed by atoms with Crippen LogP contribution in [0.4, 0.5) is 0 Å². The maximum Gasteiger partial charge on any atom is 0.336 e. The molecule has 0 atom stereocenters. The molecular formula is C11H15NO3S. The Labute approximate surface area is 99.9 Å². The largest absolute Gasteiger partial charge is 0.336 e. The Kier molecular flexibility index (Phi) is 3.53. The van der Waals surface area contributed by atoms with Crippen molar-refractivity contribution < 1.29 is 14.4 Å². The van der Waals surface area contributed by atoms with E-state index in [1.165, 1.54) is 6.42 Å². The van der Waals surface area contributed by atoms with Gasteiger partial charge < -0.3 is 4.84 Å². The van der Waals surface area contributed by atoms with Crippen LogP contribution in [0.15, 0.2) is 0 Å². The molecule has 16 heavy (non-hydrogen) atoms. The van der Waals surface area contributed by atoms with E-state index in [2.05, 4.69) is 0 Å². The van der Waals surface area contributed by atoms with Gasteiger partial charge in [-0.15, -0.1) is 5.06 Å². The first kappa shape index (κ1) is 11.5. The maximum atomic E-state index is 11.8. The Morgan fingerprint density at radius 2 is 1.94 bits per heavy atom. The van der Waals surface area contributed by atoms with Crippen molar-refractivity contribution in [2.24, 2.45) is 5.92 Å². The molecule has 4 nitrogen and oxygen atoms in total. The fourth-order valence-electron chi connectivity index (χ4n) is 2.16. The summed E-state index contributed by atoms with van der Waals surface area (Å²) in [6, 6.07) is 0. The summed E-state index contributed by atoms with van der Waals surface area (Å²) < 4.78 is 0. The molecule has 0 radical (unpaired) electrons. The second-order valence-electron chi connectivity index (χ2n) is 4.33. The van der Waals surface area contributed by atoms with Crippen molar-refractivity contribution in [1.82, 2.24) is 5.06 Å². The van der Waals surface area contributed by atoms with E-state index in [0.717, 1.165) is 30.7 Å². The number of amides is 1. The molecule has 1 aliphatic carbocycles. The molecule has 1 saturated carbocycles. The lowest BCUT2D eigenvalue weighted by Gasteiger charge is -2.22. The molecule has 1 aliphatic heterocycles. The summed E-state index contributed by atoms with van der Waals surface area (Å²) in [6.45, 7) is 0. The normalized spacial score (nSPS) is 22.6. The number of hydrogen-bond acceptors (Lipinski definition) is 4. The van der Waals surface area contributed by atoms with Crippen LogP contribution >= 0.6 is 12.2 Å². The highest BCUT2D eigenvalue weighted by atomic mass is 32.1. The number of thiocarbonyl (C=S) groups is 1. The molecule has 0 unspecified atom stereocenters. The van der Waals surface area contributed by atoms with Crippen LogP contribution in [-0.2, 0) is 14.4 Å². The minimum absolute atomic E-state index is 0.0510. The smallest absolute Gasteiger partial charge is 0.332 e. The molecule has 2 aliphatic rings. The number of rotatable bonds is 2. The van der Waals surface area contributed by atoms with Crippen molar-refractivity contribution >= 4 is 29.1 Å². The van der Waals surface area contributed by atoms with Crippen LogP contribution in [0.25, 0.3) is 0 Å². The van der Waals surface area contributed by atoms with Gasteiger partial charge in [0, 0.05) is 12.8 Å². The second-order valence-corrected chi connectivity index (χ2v) is 4.80. The average Bonchev–Trinajstić information content (AvgIpc) is 2.62. The molecular weight excluding hydrogens is 226 g/mol. The Morgan fingerprint density at radius 1 is 1.25 bits per heavy atom. The highest BCUT2D eigenvalue weighted by Crippen LogP contribution is 2.26. The van der Waals surface area contributed by atoms with E-state index in [1.807, 2.05) is 0 Å². The van der Waals surface area contributed by atoms with Gasteiger partial charge in [0.05, 0.1) is 5.92 Å². The van der Waals surface area contributed by atoms with E-state index < -0.39 is 0 Å². The molecule has 1 heterocycles. The molecule has 2 rings (SSSR count). The topological polar surface area (TPSA) is 46.6 Å². The molecule has 1 amide bonds. The first-order valence-electron chi connectivity index (χ1n) is 5.76. The maximum absolute atomic E-state index is 11.8. The fourth-order valence-corrected chi connectivity index (χ4v) is 2.40. The average molecular weight is 241 g/mol. The van der Waals surface area contributed by atoms with Gasteiger partial charge in [-0.3, -0.25) is 4.79 Å². The highest BCUT2D eigenvalue weighted by molar-refractivity contribution is 7.80. The molecule has 0 spiro atoms. The summed E-state index contributed by atoms with van der Waals surface area (Å²) in [5.41, 5.74) is 0. The Morgan fingerprint density at radius 3 is 2.50 bits per heavy atom. The lowest BCUT2D eigenvalue weighted by atomic mass is 9.89. The second kappa shape index (κ2) is 4.91. The van der Waals surface area contributed by atoms with Crippen molar-refractivity contribution in [2.45, 2.75) is 44.9 Å². The van der Waals surface area contributed by atoms with Gasteiger partial charge in [-0.25, -0.2) is 4.79 Å². The Balaban J connectivity index is 1.90. The van der Waals surface area contributed by atoms with Gasteiger partial charge >= 0.3 is 5.97 Å². The van der Waals surface area contributed by atoms with Crippen LogP contribution in [-0.4, -0.2) is 21.9 Å². The van der Waals surface area contributed by atoms with Crippen molar-refractivity contribution in [3.63, 3.8) is 0 Å². The molecule has 0 aromatic rings. The Hall–Kier alpha value is -0.970. The number of carbonyl (C=O) groups is 2. The number of carbonyl (C=O) groups excluding carboxylic acids is 2. The van der Waals surface area contributed by atoms with Gasteiger partial charge in [0.25, 0.3) is 5.91 Å². The van der Waals surface area contributed by atoms with Gasteiger partial charge in [0.2, 0.25) is 0 Å². The number of hydrogen-bond donors (Lipinski definition) is 0. The summed E-state index contributed by atoms with van der Waals surface area (Å²) in [5.74, 6) is -0.545. The van der Waals surface area contributed by atoms with Crippen LogP contribution in [0, 0.1) is 5.92 Å². The van der Waals surface area contributed by atoms with Gasteiger partial charge in [0.1, 0.15) is 4.99 Å². The van der Waals surface area contributed by atoms with Crippen molar-refractivity contribution in [3.05, 3.63) is 0 Å². The predicted molar refractivity (Wildman–Crippen MR) is 61.3 cm³/mol. The lowest BCUT2D eigenvalue weighted by Crippen LogP contribution is -2.34. The van der Waals surface area contributed by atoms with E-state index >= 15 is 0 Å². The summed E-state index contributed by atoms with van der Waals surface area (Å²) in [7, 11) is 0. The predicted octanol–water partition coefficient (Wildman–Crippen LogP) is 1.97. The third-order valence-electron chi connectivity index (χ3n) is 3.13. The molecule has 88 valence electrons. The van der Waals surface area contributed by atoms with Crippen LogP contribution in [0.3, 0.4) is 0 Å². The summed E-state index contributed by atoms with van der Waals surface area (Å²) in [6.07, 6.45) is 5.94. The zero-order valence-corrected chi connectivity index (χ0v) is 9.92. The fraction of sp³-hybridized carbons (Fsp3) is 0.727. The first-order chi connectivity index (χ1) is 7.68. The SMILES string of the molecule is O=C(ON1C(=O)CCC1=S)C1CCCCC1. The molecule has 1 saturated heterocycles. The van der Waals surface area contributed by atoms with Crippen LogP contribution in [0.5, 0.6) is 0 Å². The Bertz CT molecular complexity index is 307. The lowest BCUT2D eigenvalue weighted by molar-refractivity contribution is -0.184. The van der Waals surface area contributed by atoms with Gasteiger partial charge in [-0.2, -0.15) is 0 Å². The quantitative estimate of drug-likeness (QED) is 0.693. The summed E-state index contributed by atoms with van der Waals surface area (Å²) >= 11 is 4.97. The third-order valence-corrected chi connectivity index (χ3v) is 3.50. The minimum atomic E-state index is -0.294. The van der Waals surface area contributed by atoms with E-state index in [4.69, 9.17) is 17.1 Å². The van der Waals surface area contributed by atoms with Gasteiger partial charge in [-0.1, -0.05) is 31.5 Å². The van der Waals surface area contributed by atoms with Crippen molar-refractivity contribution in [2.75, 3.05) is 0 Å². The van der Waals surface area contributed by atoms with Crippen molar-refractivity contribution in [3.8, 4) is 0 Å².